The number of quaternary nitrogens is 1. The minimum absolute atomic E-state index is 0. The molecule has 1 saturated heterocycles. The Kier molecular flexibility index (Phi) is 67.1. The Bertz CT molecular complexity index is 2020. The number of cyclic esters (lactones) is 2. The van der Waals surface area contributed by atoms with Crippen molar-refractivity contribution < 1.29 is 108 Å². The van der Waals surface area contributed by atoms with Gasteiger partial charge in [0.2, 0.25) is 17.7 Å². The van der Waals surface area contributed by atoms with E-state index in [1.54, 1.807) is 0 Å². The van der Waals surface area contributed by atoms with Gasteiger partial charge in [0.05, 0.1) is 0 Å². The molecule has 0 bridgehead atoms. The summed E-state index contributed by atoms with van der Waals surface area (Å²) in [5.74, 6) is -6.35. The molecule has 26 nitrogen and oxygen atoms in total. The zero-order chi connectivity index (χ0) is 72.3. The molecule has 0 aliphatic carbocycles. The summed E-state index contributed by atoms with van der Waals surface area (Å²) in [4.78, 5) is 135. The van der Waals surface area contributed by atoms with Crippen LogP contribution >= 0.6 is 12.4 Å². The minimum atomic E-state index is -1.12. The highest BCUT2D eigenvalue weighted by Crippen LogP contribution is 2.25. The number of halogens is 1. The van der Waals surface area contributed by atoms with Crippen LogP contribution in [0.1, 0.15) is 232 Å². The van der Waals surface area contributed by atoms with Gasteiger partial charge in [0.15, 0.2) is 0 Å². The highest BCUT2D eigenvalue weighted by molar-refractivity contribution is 5.88. The number of hydrogen-bond acceptors (Lipinski definition) is 17. The fraction of sp³-hybridized carbons (Fsp3) is 0.712. The van der Waals surface area contributed by atoms with Gasteiger partial charge < -0.3 is 73.6 Å². The van der Waals surface area contributed by atoms with Crippen molar-refractivity contribution in [2.45, 2.75) is 226 Å². The molecule has 93 heavy (non-hydrogen) atoms. The van der Waals surface area contributed by atoms with Gasteiger partial charge in [-0.3, -0.25) is 57.5 Å². The van der Waals surface area contributed by atoms with E-state index in [-0.39, 0.29) is 125 Å². The molecule has 1 fully saturated rings. The largest absolute Gasteiger partial charge is 0.550 e. The third-order valence-electron chi connectivity index (χ3n) is 12.2. The quantitative estimate of drug-likeness (QED) is 0.0241. The van der Waals surface area contributed by atoms with Crippen LogP contribution in [0.4, 0.5) is 0 Å². The summed E-state index contributed by atoms with van der Waals surface area (Å²) < 4.78 is 8.39. The molecular weight excluding hydrogens is 1230 g/mol. The Morgan fingerprint density at radius 2 is 0.742 bits per heavy atom. The minimum Gasteiger partial charge on any atom is -0.550 e. The lowest BCUT2D eigenvalue weighted by Gasteiger charge is -2.20. The summed E-state index contributed by atoms with van der Waals surface area (Å²) in [6.07, 6.45) is 6.01. The molecule has 1 aromatic carbocycles. The molecule has 1 aliphatic heterocycles. The normalized spacial score (nSPS) is 12.9. The first-order valence-corrected chi connectivity index (χ1v) is 30.9. The van der Waals surface area contributed by atoms with Gasteiger partial charge in [0.1, 0.15) is 6.04 Å². The fourth-order valence-corrected chi connectivity index (χ4v) is 9.45. The van der Waals surface area contributed by atoms with E-state index in [9.17, 15) is 67.4 Å². The molecule has 1 aliphatic rings. The average molecular weight is 1360 g/mol. The summed E-state index contributed by atoms with van der Waals surface area (Å²) in [6, 6.07) is 10.7. The Balaban J connectivity index is -0.000000148. The molecule has 27 heteroatoms. The van der Waals surface area contributed by atoms with Gasteiger partial charge in [-0.25, -0.2) is 0 Å². The maximum atomic E-state index is 10.8. The Labute approximate surface area is 558 Å². The predicted molar refractivity (Wildman–Crippen MR) is 354 cm³/mol. The Hall–Kier alpha value is -7.06. The molecule has 542 valence electrons. The maximum absolute atomic E-state index is 10.8. The number of amides is 3. The van der Waals surface area contributed by atoms with Gasteiger partial charge in [0, 0.05) is 89.6 Å². The molecule has 5 atom stereocenters. The van der Waals surface area contributed by atoms with E-state index in [4.69, 9.17) is 48.5 Å². The maximum Gasteiger partial charge on any atom is 0.313 e. The van der Waals surface area contributed by atoms with Crippen LogP contribution in [-0.2, 0) is 71.8 Å². The molecule has 0 radical (unpaired) electrons. The van der Waals surface area contributed by atoms with E-state index >= 15 is 0 Å². The van der Waals surface area contributed by atoms with Gasteiger partial charge in [-0.2, -0.15) is 0 Å². The number of aliphatic carboxylic acids is 6. The van der Waals surface area contributed by atoms with Crippen molar-refractivity contribution in [2.75, 3.05) is 6.54 Å². The molecule has 3 amide bonds. The van der Waals surface area contributed by atoms with Crippen LogP contribution in [0.25, 0.3) is 0 Å². The first-order chi connectivity index (χ1) is 41.7. The van der Waals surface area contributed by atoms with Crippen LogP contribution in [0.3, 0.4) is 0 Å². The monoisotopic (exact) mass is 1350 g/mol. The molecule has 0 saturated carbocycles. The number of esters is 4. The van der Waals surface area contributed by atoms with Gasteiger partial charge in [-0.05, 0) is 129 Å². The average Bonchev–Trinajstić information content (AvgIpc) is 1.34. The predicted octanol–water partition coefficient (Wildman–Crippen LogP) is 8.00. The van der Waals surface area contributed by atoms with Gasteiger partial charge >= 0.3 is 53.7 Å². The summed E-state index contributed by atoms with van der Waals surface area (Å²) in [6.45, 7) is 29.1. The number of carboxylic acid groups (broad SMARTS) is 6. The number of benzene rings is 1. The first kappa shape index (κ1) is 102. The number of carbonyl (C=O) groups is 13. The van der Waals surface area contributed by atoms with E-state index in [1.165, 1.54) is 19.4 Å². The second kappa shape index (κ2) is 61.1. The first-order valence-electron chi connectivity index (χ1n) is 30.9. The molecule has 2 unspecified atom stereocenters. The van der Waals surface area contributed by atoms with E-state index in [0.717, 1.165) is 25.7 Å². The third kappa shape index (κ3) is 84.9. The van der Waals surface area contributed by atoms with Gasteiger partial charge in [-0.15, -0.1) is 12.4 Å². The second-order valence-corrected chi connectivity index (χ2v) is 25.4. The topological polar surface area (TPSA) is 496 Å². The van der Waals surface area contributed by atoms with Crippen molar-refractivity contribution >= 4 is 89.8 Å². The van der Waals surface area contributed by atoms with Crippen molar-refractivity contribution in [2.24, 2.45) is 93.9 Å². The number of ether oxygens (including phenoxy) is 2. The Morgan fingerprint density at radius 1 is 0.484 bits per heavy atom. The number of rotatable bonds is 32. The highest BCUT2D eigenvalue weighted by atomic mass is 35.5. The molecule has 1 heterocycles. The van der Waals surface area contributed by atoms with Crippen molar-refractivity contribution in [3.63, 3.8) is 0 Å². The standard InChI is InChI=1S/3C9H17NO3.C9H16O4.C9H14O3.C8H17NO2.C8H11N.C4H6O3.CH4.ClH/c4*1-6(2)3-7(4-8(10)11)5-9(12)13;1-6(2)3-7-4-8(10)12-9(11)5-7;1-6(2)3-7(5-9)4-8(10)11;1-7(9)8-5-3-2-4-6-8;1-3(5)7-4(2)6;;/h3*6-7H,3-5H2,1-2H3,(H2,10,11)(H,12,13);6-7H,3-5H2,1-2H3,(H,10,11)(H,12,13);6-7H,3-5H2,1-2H3;6-7H,3-5,9H2,1-2H3,(H,10,11);2-7H,9H2,1H3;1-2H3;1H4;1H/t7-;;;;;2*7-;;;/m1....01.../s1. The molecule has 2 rings (SSSR count). The van der Waals surface area contributed by atoms with Crippen LogP contribution < -0.4 is 33.8 Å². The van der Waals surface area contributed by atoms with Crippen molar-refractivity contribution in [1.82, 2.24) is 0 Å². The zero-order valence-corrected chi connectivity index (χ0v) is 58.1. The smallest absolute Gasteiger partial charge is 0.313 e. The van der Waals surface area contributed by atoms with Crippen LogP contribution in [0.5, 0.6) is 0 Å². The lowest BCUT2D eigenvalue weighted by Crippen LogP contribution is -2.51. The van der Waals surface area contributed by atoms with Crippen molar-refractivity contribution in [3.05, 3.63) is 35.9 Å². The lowest BCUT2D eigenvalue weighted by molar-refractivity contribution is -0.420. The van der Waals surface area contributed by atoms with E-state index < -0.39 is 65.5 Å². The number of carbonyl (C=O) groups excluding carboxylic acids is 8. The summed E-state index contributed by atoms with van der Waals surface area (Å²) in [5, 5.41) is 52.9. The molecule has 16 N–H and O–H groups in total. The van der Waals surface area contributed by atoms with E-state index in [0.29, 0.717) is 73.8 Å². The fourth-order valence-electron chi connectivity index (χ4n) is 9.45. The van der Waals surface area contributed by atoms with E-state index in [1.807, 2.05) is 73.6 Å². The number of carboxylic acids is 6. The zero-order valence-electron chi connectivity index (χ0n) is 57.3. The SMILES string of the molecule is C.CC(=O)OC(C)=O.CC(C)CC(CC(=O)O)CC(=O)O.CC(C)CC(CC(N)=O)CC(=O)O.CC(C)CC(CC(N)=O)CC(=O)[O-].CC(C)CC1CC(=O)OC(=O)C1.CC(C)C[C@H](CC(N)=O)CC(=O)O.CC(C)C[C@H](CN)CC(=O)O.C[C@@H]([NH3+])c1ccccc1.Cl. The number of nitrogens with two attached hydrogens (primary N) is 4. The van der Waals surface area contributed by atoms with Crippen LogP contribution in [0, 0.1) is 71.0 Å². The van der Waals surface area contributed by atoms with Crippen LogP contribution in [-0.4, -0.2) is 109 Å². The summed E-state index contributed by atoms with van der Waals surface area (Å²) in [7, 11) is 0. The summed E-state index contributed by atoms with van der Waals surface area (Å²) >= 11 is 0. The molecular formula is C66H120ClN5O21. The molecule has 1 aromatic rings. The van der Waals surface area contributed by atoms with Crippen LogP contribution in [0.2, 0.25) is 0 Å². The van der Waals surface area contributed by atoms with Crippen LogP contribution in [0.15, 0.2) is 30.3 Å². The lowest BCUT2D eigenvalue weighted by atomic mass is 9.90. The molecule has 0 aromatic heterocycles. The third-order valence-corrected chi connectivity index (χ3v) is 12.2. The molecule has 0 spiro atoms. The van der Waals surface area contributed by atoms with Crippen molar-refractivity contribution in [1.29, 1.82) is 0 Å². The van der Waals surface area contributed by atoms with Gasteiger partial charge in [0.25, 0.3) is 0 Å². The van der Waals surface area contributed by atoms with Gasteiger partial charge in [-0.1, -0.05) is 121 Å². The Morgan fingerprint density at radius 3 is 0.935 bits per heavy atom. The highest BCUT2D eigenvalue weighted by Gasteiger charge is 2.27. The van der Waals surface area contributed by atoms with Crippen molar-refractivity contribution in [3.8, 4) is 0 Å². The second-order valence-electron chi connectivity index (χ2n) is 25.4. The van der Waals surface area contributed by atoms with E-state index in [2.05, 4.69) is 62.0 Å². The number of primary amides is 3. The number of hydrogen-bond donors (Lipinski definition) is 10. The summed E-state index contributed by atoms with van der Waals surface area (Å²) in [5.41, 5.74) is 25.6.